The molecular formula is C8H12N4O4. The van der Waals surface area contributed by atoms with Gasteiger partial charge in [0, 0.05) is 0 Å². The summed E-state index contributed by atoms with van der Waals surface area (Å²) in [6, 6.07) is 1.69. The molecule has 0 saturated heterocycles. The maximum atomic E-state index is 11.1. The molecule has 0 bridgehead atoms. The number of amides is 2. The molecule has 0 aromatic heterocycles. The third-order valence-corrected chi connectivity index (χ3v) is 1.47. The number of nitriles is 1. The predicted octanol–water partition coefficient (Wildman–Crippen LogP) is -2.50. The highest BCUT2D eigenvalue weighted by Crippen LogP contribution is 1.87. The van der Waals surface area contributed by atoms with Crippen molar-refractivity contribution in [1.82, 2.24) is 10.2 Å². The molecule has 0 aliphatic carbocycles. The van der Waals surface area contributed by atoms with Crippen LogP contribution in [0.15, 0.2) is 0 Å². The topological polar surface area (TPSA) is 137 Å². The lowest BCUT2D eigenvalue weighted by atomic mass is 10.4. The van der Waals surface area contributed by atoms with E-state index in [1.165, 1.54) is 0 Å². The van der Waals surface area contributed by atoms with Crippen LogP contribution in [0.1, 0.15) is 0 Å². The molecule has 0 radical (unpaired) electrons. The number of hydrogen-bond donors (Lipinski definition) is 3. The largest absolute Gasteiger partial charge is 0.480 e. The van der Waals surface area contributed by atoms with Crippen LogP contribution >= 0.6 is 0 Å². The molecule has 0 fully saturated rings. The van der Waals surface area contributed by atoms with Gasteiger partial charge in [-0.05, 0) is 0 Å². The summed E-state index contributed by atoms with van der Waals surface area (Å²) in [7, 11) is 0. The van der Waals surface area contributed by atoms with E-state index in [0.29, 0.717) is 0 Å². The van der Waals surface area contributed by atoms with Crippen LogP contribution in [0.2, 0.25) is 0 Å². The highest BCUT2D eigenvalue weighted by molar-refractivity contribution is 5.81. The van der Waals surface area contributed by atoms with Crippen LogP contribution in [-0.2, 0) is 14.4 Å². The van der Waals surface area contributed by atoms with Crippen molar-refractivity contribution in [3.63, 3.8) is 0 Å². The summed E-state index contributed by atoms with van der Waals surface area (Å²) in [6.45, 7) is -1.26. The van der Waals surface area contributed by atoms with E-state index in [1.54, 1.807) is 6.07 Å². The standard InChI is InChI=1S/C8H12N4O4/c9-1-2-11-7(14)4-12(3-6(10)13)5-8(15)16/h2-5H2,(H2,10,13)(H,11,14)(H,15,16). The zero-order valence-corrected chi connectivity index (χ0v) is 8.47. The fourth-order valence-electron chi connectivity index (χ4n) is 0.976. The average molecular weight is 228 g/mol. The Kier molecular flexibility index (Phi) is 6.23. The number of nitrogens with zero attached hydrogens (tertiary/aromatic N) is 2. The van der Waals surface area contributed by atoms with E-state index in [0.717, 1.165) is 4.90 Å². The van der Waals surface area contributed by atoms with Gasteiger partial charge in [-0.15, -0.1) is 0 Å². The first-order chi connectivity index (χ1) is 7.45. The zero-order chi connectivity index (χ0) is 12.6. The molecule has 16 heavy (non-hydrogen) atoms. The highest BCUT2D eigenvalue weighted by Gasteiger charge is 2.15. The van der Waals surface area contributed by atoms with Crippen molar-refractivity contribution in [2.45, 2.75) is 0 Å². The van der Waals surface area contributed by atoms with Gasteiger partial charge in [0.2, 0.25) is 11.8 Å². The number of hydrogen-bond acceptors (Lipinski definition) is 5. The Morgan fingerprint density at radius 1 is 1.31 bits per heavy atom. The molecule has 0 aliphatic rings. The smallest absolute Gasteiger partial charge is 0.317 e. The Morgan fingerprint density at radius 2 is 1.94 bits per heavy atom. The van der Waals surface area contributed by atoms with E-state index >= 15 is 0 Å². The Bertz CT molecular complexity index is 306. The SMILES string of the molecule is N#CCNC(=O)CN(CC(N)=O)CC(=O)O. The molecule has 4 N–H and O–H groups in total. The molecule has 8 nitrogen and oxygen atoms in total. The minimum absolute atomic E-state index is 0.170. The van der Waals surface area contributed by atoms with Gasteiger partial charge in [-0.3, -0.25) is 19.3 Å². The second-order valence-electron chi connectivity index (χ2n) is 2.94. The molecule has 0 heterocycles. The number of carboxylic acid groups (broad SMARTS) is 1. The molecule has 2 amide bonds. The van der Waals surface area contributed by atoms with Gasteiger partial charge in [-0.1, -0.05) is 0 Å². The summed E-state index contributed by atoms with van der Waals surface area (Å²) in [5.74, 6) is -2.44. The van der Waals surface area contributed by atoms with Gasteiger partial charge in [0.05, 0.1) is 25.7 Å². The van der Waals surface area contributed by atoms with Gasteiger partial charge in [-0.2, -0.15) is 5.26 Å². The van der Waals surface area contributed by atoms with Crippen molar-refractivity contribution in [2.75, 3.05) is 26.2 Å². The van der Waals surface area contributed by atoms with Crippen LogP contribution in [0.25, 0.3) is 0 Å². The Morgan fingerprint density at radius 3 is 2.38 bits per heavy atom. The summed E-state index contributed by atoms with van der Waals surface area (Å²) in [4.78, 5) is 33.2. The van der Waals surface area contributed by atoms with Crippen molar-refractivity contribution >= 4 is 17.8 Å². The van der Waals surface area contributed by atoms with E-state index in [2.05, 4.69) is 5.32 Å². The minimum atomic E-state index is -1.17. The fraction of sp³-hybridized carbons (Fsp3) is 0.500. The van der Waals surface area contributed by atoms with Gasteiger partial charge >= 0.3 is 5.97 Å². The summed E-state index contributed by atoms with van der Waals surface area (Å²) >= 11 is 0. The van der Waals surface area contributed by atoms with Gasteiger partial charge in [0.25, 0.3) is 0 Å². The monoisotopic (exact) mass is 228 g/mol. The van der Waals surface area contributed by atoms with E-state index in [1.807, 2.05) is 0 Å². The van der Waals surface area contributed by atoms with Crippen molar-refractivity contribution in [1.29, 1.82) is 5.26 Å². The third kappa shape index (κ3) is 7.28. The number of nitrogens with one attached hydrogen (secondary N) is 1. The van der Waals surface area contributed by atoms with Crippen LogP contribution < -0.4 is 11.1 Å². The van der Waals surface area contributed by atoms with Crippen LogP contribution in [-0.4, -0.2) is 54.0 Å². The quantitative estimate of drug-likeness (QED) is 0.412. The number of carbonyl (C=O) groups excluding carboxylic acids is 2. The van der Waals surface area contributed by atoms with Gasteiger partial charge in [0.1, 0.15) is 6.54 Å². The summed E-state index contributed by atoms with van der Waals surface area (Å²) < 4.78 is 0. The molecule has 0 aliphatic heterocycles. The zero-order valence-electron chi connectivity index (χ0n) is 8.47. The van der Waals surface area contributed by atoms with Gasteiger partial charge < -0.3 is 16.2 Å². The van der Waals surface area contributed by atoms with Crippen molar-refractivity contribution < 1.29 is 19.5 Å². The minimum Gasteiger partial charge on any atom is -0.480 e. The molecule has 0 aromatic carbocycles. The second kappa shape index (κ2) is 7.19. The molecule has 0 saturated carbocycles. The number of nitrogens with two attached hydrogens (primary N) is 1. The molecule has 0 unspecified atom stereocenters. The maximum Gasteiger partial charge on any atom is 0.317 e. The lowest BCUT2D eigenvalue weighted by Crippen LogP contribution is -2.43. The van der Waals surface area contributed by atoms with Crippen molar-refractivity contribution in [3.8, 4) is 6.07 Å². The number of carboxylic acids is 1. The number of primary amides is 1. The summed E-state index contributed by atoms with van der Waals surface area (Å²) in [6.07, 6.45) is 0. The van der Waals surface area contributed by atoms with E-state index in [-0.39, 0.29) is 19.6 Å². The van der Waals surface area contributed by atoms with E-state index < -0.39 is 24.3 Å². The number of rotatable bonds is 7. The fourth-order valence-corrected chi connectivity index (χ4v) is 0.976. The van der Waals surface area contributed by atoms with Crippen LogP contribution in [0, 0.1) is 11.3 Å². The lowest BCUT2D eigenvalue weighted by molar-refractivity contribution is -0.139. The Balaban J connectivity index is 4.19. The first-order valence-electron chi connectivity index (χ1n) is 4.31. The highest BCUT2D eigenvalue weighted by atomic mass is 16.4. The number of carbonyl (C=O) groups is 3. The van der Waals surface area contributed by atoms with E-state index in [4.69, 9.17) is 16.1 Å². The maximum absolute atomic E-state index is 11.1. The first-order valence-corrected chi connectivity index (χ1v) is 4.31. The van der Waals surface area contributed by atoms with Crippen LogP contribution in [0.5, 0.6) is 0 Å². The molecule has 0 spiro atoms. The lowest BCUT2D eigenvalue weighted by Gasteiger charge is -2.17. The Labute approximate surface area is 91.6 Å². The molecule has 0 atom stereocenters. The molecule has 8 heteroatoms. The van der Waals surface area contributed by atoms with Gasteiger partial charge in [0.15, 0.2) is 0 Å². The normalized spacial score (nSPS) is 9.50. The van der Waals surface area contributed by atoms with Crippen LogP contribution in [0.3, 0.4) is 0 Å². The molecule has 0 rings (SSSR count). The molecule has 0 aromatic rings. The van der Waals surface area contributed by atoms with E-state index in [9.17, 15) is 14.4 Å². The van der Waals surface area contributed by atoms with Gasteiger partial charge in [-0.25, -0.2) is 0 Å². The third-order valence-electron chi connectivity index (χ3n) is 1.47. The summed E-state index contributed by atoms with van der Waals surface area (Å²) in [5, 5.41) is 18.9. The molecule has 88 valence electrons. The predicted molar refractivity (Wildman–Crippen MR) is 51.9 cm³/mol. The van der Waals surface area contributed by atoms with Crippen molar-refractivity contribution in [3.05, 3.63) is 0 Å². The van der Waals surface area contributed by atoms with Crippen molar-refractivity contribution in [2.24, 2.45) is 5.73 Å². The molecular weight excluding hydrogens is 216 g/mol. The van der Waals surface area contributed by atoms with Crippen LogP contribution in [0.4, 0.5) is 0 Å². The first kappa shape index (κ1) is 13.9. The Hall–Kier alpha value is -2.14. The average Bonchev–Trinajstić information content (AvgIpc) is 2.12. The number of aliphatic carboxylic acids is 1. The second-order valence-corrected chi connectivity index (χ2v) is 2.94. The summed E-state index contributed by atoms with van der Waals surface area (Å²) in [5.41, 5.74) is 4.89.